The van der Waals surface area contributed by atoms with Gasteiger partial charge in [-0.1, -0.05) is 0 Å². The van der Waals surface area contributed by atoms with Gasteiger partial charge in [0.1, 0.15) is 5.75 Å². The molecule has 82 valence electrons. The van der Waals surface area contributed by atoms with E-state index >= 15 is 0 Å². The van der Waals surface area contributed by atoms with Crippen LogP contribution in [0.2, 0.25) is 0 Å². The molecule has 0 aliphatic carbocycles. The lowest BCUT2D eigenvalue weighted by Crippen LogP contribution is -2.26. The molecule has 0 atom stereocenters. The van der Waals surface area contributed by atoms with Crippen LogP contribution in [0.3, 0.4) is 0 Å². The Hall–Kier alpha value is -2.37. The quantitative estimate of drug-likeness (QED) is 0.331. The van der Waals surface area contributed by atoms with E-state index in [0.717, 1.165) is 6.20 Å². The maximum atomic E-state index is 11.5. The lowest BCUT2D eigenvalue weighted by Gasteiger charge is -2.03. The van der Waals surface area contributed by atoms with Gasteiger partial charge in [-0.05, 0) is 12.1 Å². The number of rotatable bonds is 2. The highest BCUT2D eigenvalue weighted by atomic mass is 16.6. The molecule has 0 amide bonds. The summed E-state index contributed by atoms with van der Waals surface area (Å²) in [7, 11) is 1.49. The van der Waals surface area contributed by atoms with Crippen LogP contribution in [0.4, 0.5) is 5.69 Å². The van der Waals surface area contributed by atoms with Crippen molar-refractivity contribution in [2.24, 2.45) is 0 Å². The Labute approximate surface area is 90.4 Å². The van der Waals surface area contributed by atoms with E-state index in [1.54, 1.807) is 18.2 Å². The zero-order valence-electron chi connectivity index (χ0n) is 8.41. The molecule has 0 fully saturated rings. The topological polar surface area (TPSA) is 79.3 Å². The highest BCUT2D eigenvalue weighted by Gasteiger charge is 2.14. The van der Waals surface area contributed by atoms with Crippen molar-refractivity contribution in [2.75, 3.05) is 7.11 Å². The van der Waals surface area contributed by atoms with Crippen molar-refractivity contribution in [3.05, 3.63) is 45.8 Å². The van der Waals surface area contributed by atoms with Crippen LogP contribution in [0.25, 0.3) is 10.9 Å². The molecule has 0 spiro atoms. The van der Waals surface area contributed by atoms with Gasteiger partial charge in [-0.15, -0.1) is 0 Å². The Bertz CT molecular complexity index is 568. The Morgan fingerprint density at radius 2 is 2.12 bits per heavy atom. The molecule has 0 N–H and O–H groups in total. The summed E-state index contributed by atoms with van der Waals surface area (Å²) >= 11 is 0. The molecule has 0 saturated heterocycles. The molecule has 1 heterocycles. The molecule has 2 rings (SSSR count). The largest absolute Gasteiger partial charge is 0.618 e. The summed E-state index contributed by atoms with van der Waals surface area (Å²) < 4.78 is 5.46. The van der Waals surface area contributed by atoms with E-state index in [2.05, 4.69) is 0 Å². The van der Waals surface area contributed by atoms with Gasteiger partial charge in [0, 0.05) is 12.1 Å². The second-order valence-corrected chi connectivity index (χ2v) is 3.21. The van der Waals surface area contributed by atoms with Crippen molar-refractivity contribution in [2.45, 2.75) is 0 Å². The minimum Gasteiger partial charge on any atom is -0.618 e. The van der Waals surface area contributed by atoms with Crippen molar-refractivity contribution < 1.29 is 14.4 Å². The predicted molar refractivity (Wildman–Crippen MR) is 56.1 cm³/mol. The molecule has 6 nitrogen and oxygen atoms in total. The fraction of sp³-hybridized carbons (Fsp3) is 0.100. The van der Waals surface area contributed by atoms with Crippen molar-refractivity contribution in [1.82, 2.24) is 0 Å². The minimum absolute atomic E-state index is 0.240. The zero-order chi connectivity index (χ0) is 11.7. The summed E-state index contributed by atoms with van der Waals surface area (Å²) in [6.45, 7) is 0. The summed E-state index contributed by atoms with van der Waals surface area (Å²) in [5.74, 6) is 0.549. The first-order valence-electron chi connectivity index (χ1n) is 4.47. The van der Waals surface area contributed by atoms with Crippen LogP contribution in [0.1, 0.15) is 0 Å². The second-order valence-electron chi connectivity index (χ2n) is 3.21. The fourth-order valence-corrected chi connectivity index (χ4v) is 1.46. The van der Waals surface area contributed by atoms with Crippen molar-refractivity contribution >= 4 is 16.6 Å². The maximum absolute atomic E-state index is 11.5. The number of hydrogen-bond donors (Lipinski definition) is 0. The molecule has 16 heavy (non-hydrogen) atoms. The number of ether oxygens (including phenoxy) is 1. The highest BCUT2D eigenvalue weighted by Crippen LogP contribution is 2.21. The Morgan fingerprint density at radius 3 is 2.75 bits per heavy atom. The molecule has 2 aromatic rings. The number of nitro groups is 1. The van der Waals surface area contributed by atoms with E-state index in [9.17, 15) is 15.3 Å². The fourth-order valence-electron chi connectivity index (χ4n) is 1.46. The average molecular weight is 220 g/mol. The first kappa shape index (κ1) is 10.2. The third kappa shape index (κ3) is 1.60. The first-order chi connectivity index (χ1) is 7.61. The monoisotopic (exact) mass is 220 g/mol. The van der Waals surface area contributed by atoms with Crippen LogP contribution >= 0.6 is 0 Å². The highest BCUT2D eigenvalue weighted by molar-refractivity contribution is 5.79. The molecule has 1 aromatic carbocycles. The lowest BCUT2D eigenvalue weighted by atomic mass is 10.2. The summed E-state index contributed by atoms with van der Waals surface area (Å²) in [4.78, 5) is 9.97. The van der Waals surface area contributed by atoms with Gasteiger partial charge in [0.2, 0.25) is 5.52 Å². The van der Waals surface area contributed by atoms with Crippen molar-refractivity contribution in [1.29, 1.82) is 0 Å². The average Bonchev–Trinajstić information content (AvgIpc) is 2.28. The summed E-state index contributed by atoms with van der Waals surface area (Å²) in [6, 6.07) is 6.11. The Morgan fingerprint density at radius 1 is 1.38 bits per heavy atom. The van der Waals surface area contributed by atoms with Gasteiger partial charge in [0.25, 0.3) is 6.20 Å². The number of benzene rings is 1. The third-order valence-electron chi connectivity index (χ3n) is 2.24. The van der Waals surface area contributed by atoms with E-state index in [1.807, 2.05) is 0 Å². The SMILES string of the molecule is COc1ccc2c(c1)cc([N+](=O)[O-])c[n+]2[O-]. The van der Waals surface area contributed by atoms with Crippen LogP contribution in [-0.4, -0.2) is 12.0 Å². The standard InChI is InChI=1S/C10H8N2O4/c1-16-9-2-3-10-7(5-9)4-8(12(14)15)6-11(10)13/h2-6H,1H3. The van der Waals surface area contributed by atoms with Gasteiger partial charge >= 0.3 is 5.69 Å². The zero-order valence-corrected chi connectivity index (χ0v) is 8.41. The van der Waals surface area contributed by atoms with Crippen LogP contribution < -0.4 is 9.47 Å². The Balaban J connectivity index is 2.72. The van der Waals surface area contributed by atoms with Gasteiger partial charge in [-0.2, -0.15) is 4.73 Å². The number of methoxy groups -OCH3 is 1. The molecule has 0 aliphatic rings. The second kappa shape index (κ2) is 3.65. The summed E-state index contributed by atoms with van der Waals surface area (Å²) in [6.07, 6.45) is 0.939. The van der Waals surface area contributed by atoms with Gasteiger partial charge in [0.05, 0.1) is 17.4 Å². The molecule has 1 aromatic heterocycles. The summed E-state index contributed by atoms with van der Waals surface area (Å²) in [5.41, 5.74) is 0.127. The molecular weight excluding hydrogens is 212 g/mol. The number of pyridine rings is 1. The van der Waals surface area contributed by atoms with Gasteiger partial charge in [-0.3, -0.25) is 10.1 Å². The molecular formula is C10H8N2O4. The molecule has 0 unspecified atom stereocenters. The van der Waals surface area contributed by atoms with Crippen molar-refractivity contribution in [3.8, 4) is 5.75 Å². The van der Waals surface area contributed by atoms with Crippen LogP contribution in [0.5, 0.6) is 5.75 Å². The van der Waals surface area contributed by atoms with Crippen LogP contribution in [-0.2, 0) is 0 Å². The maximum Gasteiger partial charge on any atom is 0.334 e. The normalized spacial score (nSPS) is 10.3. The van der Waals surface area contributed by atoms with Crippen LogP contribution in [0, 0.1) is 15.3 Å². The minimum atomic E-state index is -0.604. The van der Waals surface area contributed by atoms with Gasteiger partial charge < -0.3 is 9.94 Å². The lowest BCUT2D eigenvalue weighted by molar-refractivity contribution is -0.582. The first-order valence-corrected chi connectivity index (χ1v) is 4.47. The number of fused-ring (bicyclic) bond motifs is 1. The van der Waals surface area contributed by atoms with Crippen LogP contribution in [0.15, 0.2) is 30.5 Å². The summed E-state index contributed by atoms with van der Waals surface area (Å²) in [5, 5.41) is 22.5. The predicted octanol–water partition coefficient (Wildman–Crippen LogP) is 1.39. The number of hydrogen-bond acceptors (Lipinski definition) is 4. The molecule has 6 heteroatoms. The third-order valence-corrected chi connectivity index (χ3v) is 2.24. The van der Waals surface area contributed by atoms with E-state index in [1.165, 1.54) is 13.2 Å². The number of nitrogens with zero attached hydrogens (tertiary/aromatic N) is 2. The van der Waals surface area contributed by atoms with Gasteiger partial charge in [0.15, 0.2) is 0 Å². The molecule has 0 aliphatic heterocycles. The van der Waals surface area contributed by atoms with E-state index in [4.69, 9.17) is 4.74 Å². The molecule has 0 radical (unpaired) electrons. The number of aromatic nitrogens is 1. The molecule has 0 saturated carbocycles. The van der Waals surface area contributed by atoms with E-state index in [0.29, 0.717) is 21.4 Å². The van der Waals surface area contributed by atoms with E-state index in [-0.39, 0.29) is 5.69 Å². The van der Waals surface area contributed by atoms with Crippen molar-refractivity contribution in [3.63, 3.8) is 0 Å². The van der Waals surface area contributed by atoms with Gasteiger partial charge in [-0.25, -0.2) is 0 Å². The Kier molecular flexibility index (Phi) is 2.32. The van der Waals surface area contributed by atoms with E-state index < -0.39 is 4.92 Å². The molecule has 0 bridgehead atoms. The smallest absolute Gasteiger partial charge is 0.334 e.